The number of halogens is 2. The molecule has 2 nitrogen and oxygen atoms in total. The number of hydrogen-bond acceptors (Lipinski definition) is 3. The lowest BCUT2D eigenvalue weighted by Gasteiger charge is -2.10. The van der Waals surface area contributed by atoms with Crippen molar-refractivity contribution in [2.45, 2.75) is 12.5 Å². The zero-order valence-corrected chi connectivity index (χ0v) is 11.5. The molecule has 84 valence electrons. The SMILES string of the molecule is NC(Cc1ccncc1Cl)c1ccc(Br)s1. The van der Waals surface area contributed by atoms with Gasteiger partial charge in [-0.1, -0.05) is 11.6 Å². The van der Waals surface area contributed by atoms with Gasteiger partial charge < -0.3 is 5.73 Å². The Morgan fingerprint density at radius 3 is 2.88 bits per heavy atom. The number of rotatable bonds is 3. The quantitative estimate of drug-likeness (QED) is 0.935. The summed E-state index contributed by atoms with van der Waals surface area (Å²) in [4.78, 5) is 5.10. The second-order valence-electron chi connectivity index (χ2n) is 3.42. The number of aromatic nitrogens is 1. The van der Waals surface area contributed by atoms with Gasteiger partial charge in [0.25, 0.3) is 0 Å². The van der Waals surface area contributed by atoms with Crippen molar-refractivity contribution in [2.75, 3.05) is 0 Å². The van der Waals surface area contributed by atoms with Crippen molar-refractivity contribution in [3.05, 3.63) is 49.8 Å². The molecule has 2 aromatic rings. The zero-order valence-electron chi connectivity index (χ0n) is 8.36. The third-order valence-electron chi connectivity index (χ3n) is 2.26. The highest BCUT2D eigenvalue weighted by atomic mass is 79.9. The van der Waals surface area contributed by atoms with E-state index in [9.17, 15) is 0 Å². The average Bonchev–Trinajstić information content (AvgIpc) is 2.68. The van der Waals surface area contributed by atoms with Crippen molar-refractivity contribution < 1.29 is 0 Å². The van der Waals surface area contributed by atoms with E-state index in [1.54, 1.807) is 23.7 Å². The van der Waals surface area contributed by atoms with Gasteiger partial charge in [-0.3, -0.25) is 4.98 Å². The van der Waals surface area contributed by atoms with Crippen molar-refractivity contribution >= 4 is 38.9 Å². The Kier molecular flexibility index (Phi) is 3.97. The summed E-state index contributed by atoms with van der Waals surface area (Å²) in [5.74, 6) is 0. The standard InChI is InChI=1S/C11H10BrClN2S/c12-11-2-1-10(16-11)9(14)5-7-3-4-15-6-8(7)13/h1-4,6,9H,5,14H2. The van der Waals surface area contributed by atoms with Crippen molar-refractivity contribution in [1.29, 1.82) is 0 Å². The van der Waals surface area contributed by atoms with Crippen LogP contribution in [0.25, 0.3) is 0 Å². The van der Waals surface area contributed by atoms with Gasteiger partial charge in [0.1, 0.15) is 0 Å². The summed E-state index contributed by atoms with van der Waals surface area (Å²) < 4.78 is 1.10. The van der Waals surface area contributed by atoms with E-state index in [0.29, 0.717) is 5.02 Å². The van der Waals surface area contributed by atoms with E-state index in [4.69, 9.17) is 17.3 Å². The van der Waals surface area contributed by atoms with Crippen LogP contribution in [0.15, 0.2) is 34.4 Å². The van der Waals surface area contributed by atoms with Gasteiger partial charge in [-0.05, 0) is 46.1 Å². The van der Waals surface area contributed by atoms with Gasteiger partial charge in [-0.25, -0.2) is 0 Å². The molecule has 0 aliphatic heterocycles. The number of nitrogens with two attached hydrogens (primary N) is 1. The van der Waals surface area contributed by atoms with E-state index in [1.165, 1.54) is 0 Å². The van der Waals surface area contributed by atoms with E-state index in [0.717, 1.165) is 20.6 Å². The summed E-state index contributed by atoms with van der Waals surface area (Å²) >= 11 is 11.1. The van der Waals surface area contributed by atoms with Gasteiger partial charge >= 0.3 is 0 Å². The van der Waals surface area contributed by atoms with Crippen LogP contribution in [0.5, 0.6) is 0 Å². The molecule has 0 aromatic carbocycles. The van der Waals surface area contributed by atoms with E-state index in [2.05, 4.69) is 20.9 Å². The Balaban J connectivity index is 2.13. The lowest BCUT2D eigenvalue weighted by atomic mass is 10.1. The van der Waals surface area contributed by atoms with Crippen LogP contribution in [0.1, 0.15) is 16.5 Å². The van der Waals surface area contributed by atoms with Crippen molar-refractivity contribution in [3.8, 4) is 0 Å². The summed E-state index contributed by atoms with van der Waals surface area (Å²) in [5, 5.41) is 0.675. The maximum atomic E-state index is 6.12. The summed E-state index contributed by atoms with van der Waals surface area (Å²) in [5.41, 5.74) is 7.16. The van der Waals surface area contributed by atoms with Crippen LogP contribution in [0.2, 0.25) is 5.02 Å². The smallest absolute Gasteiger partial charge is 0.0701 e. The van der Waals surface area contributed by atoms with Crippen LogP contribution in [0.3, 0.4) is 0 Å². The highest BCUT2D eigenvalue weighted by molar-refractivity contribution is 9.11. The lowest BCUT2D eigenvalue weighted by Crippen LogP contribution is -2.12. The number of nitrogens with zero attached hydrogens (tertiary/aromatic N) is 1. The van der Waals surface area contributed by atoms with Crippen LogP contribution in [-0.2, 0) is 6.42 Å². The fraction of sp³-hybridized carbons (Fsp3) is 0.182. The maximum Gasteiger partial charge on any atom is 0.0701 e. The van der Waals surface area contributed by atoms with Crippen LogP contribution >= 0.6 is 38.9 Å². The van der Waals surface area contributed by atoms with E-state index >= 15 is 0 Å². The van der Waals surface area contributed by atoms with Crippen LogP contribution in [0, 0.1) is 0 Å². The van der Waals surface area contributed by atoms with Gasteiger partial charge in [0.05, 0.1) is 8.81 Å². The average molecular weight is 318 g/mol. The van der Waals surface area contributed by atoms with E-state index in [-0.39, 0.29) is 6.04 Å². The minimum atomic E-state index is -0.0174. The molecule has 1 unspecified atom stereocenters. The molecule has 0 aliphatic carbocycles. The Morgan fingerprint density at radius 1 is 1.44 bits per heavy atom. The molecular weight excluding hydrogens is 308 g/mol. The normalized spacial score (nSPS) is 12.7. The van der Waals surface area contributed by atoms with Crippen LogP contribution in [-0.4, -0.2) is 4.98 Å². The van der Waals surface area contributed by atoms with Gasteiger partial charge in [0.15, 0.2) is 0 Å². The number of pyridine rings is 1. The number of thiophene rings is 1. The zero-order chi connectivity index (χ0) is 11.5. The van der Waals surface area contributed by atoms with E-state index < -0.39 is 0 Å². The lowest BCUT2D eigenvalue weighted by molar-refractivity contribution is 0.736. The first-order valence-corrected chi connectivity index (χ1v) is 6.75. The molecule has 2 N–H and O–H groups in total. The summed E-state index contributed by atoms with van der Waals surface area (Å²) in [6.07, 6.45) is 4.11. The predicted molar refractivity (Wildman–Crippen MR) is 71.9 cm³/mol. The Labute approximate surface area is 112 Å². The largest absolute Gasteiger partial charge is 0.323 e. The summed E-state index contributed by atoms with van der Waals surface area (Å²) in [6, 6.07) is 5.93. The molecule has 0 aliphatic rings. The summed E-state index contributed by atoms with van der Waals surface area (Å²) in [7, 11) is 0. The van der Waals surface area contributed by atoms with Crippen molar-refractivity contribution in [2.24, 2.45) is 5.73 Å². The first-order valence-electron chi connectivity index (χ1n) is 4.76. The molecule has 0 radical (unpaired) electrons. The maximum absolute atomic E-state index is 6.12. The number of hydrogen-bond donors (Lipinski definition) is 1. The minimum absolute atomic E-state index is 0.0174. The Bertz CT molecular complexity index is 486. The Hall–Kier alpha value is -0.420. The third kappa shape index (κ3) is 2.83. The molecule has 0 saturated heterocycles. The molecule has 16 heavy (non-hydrogen) atoms. The minimum Gasteiger partial charge on any atom is -0.323 e. The molecule has 0 bridgehead atoms. The van der Waals surface area contributed by atoms with Crippen LogP contribution < -0.4 is 5.73 Å². The Morgan fingerprint density at radius 2 is 2.25 bits per heavy atom. The molecule has 0 amide bonds. The van der Waals surface area contributed by atoms with Crippen molar-refractivity contribution in [1.82, 2.24) is 4.98 Å². The van der Waals surface area contributed by atoms with Gasteiger partial charge in [-0.2, -0.15) is 0 Å². The first-order chi connectivity index (χ1) is 7.66. The highest BCUT2D eigenvalue weighted by Crippen LogP contribution is 2.29. The second-order valence-corrected chi connectivity index (χ2v) is 6.32. The highest BCUT2D eigenvalue weighted by Gasteiger charge is 2.11. The first kappa shape index (κ1) is 12.0. The van der Waals surface area contributed by atoms with E-state index in [1.807, 2.05) is 18.2 Å². The van der Waals surface area contributed by atoms with Gasteiger partial charge in [-0.15, -0.1) is 11.3 Å². The molecule has 0 spiro atoms. The molecule has 2 rings (SSSR count). The van der Waals surface area contributed by atoms with Crippen molar-refractivity contribution in [3.63, 3.8) is 0 Å². The molecule has 1 atom stereocenters. The van der Waals surface area contributed by atoms with Crippen LogP contribution in [0.4, 0.5) is 0 Å². The second kappa shape index (κ2) is 5.27. The fourth-order valence-corrected chi connectivity index (χ4v) is 3.06. The monoisotopic (exact) mass is 316 g/mol. The van der Waals surface area contributed by atoms with Gasteiger partial charge in [0, 0.05) is 23.3 Å². The molecular formula is C11H10BrClN2S. The molecule has 2 heterocycles. The predicted octanol–water partition coefficient (Wildman–Crippen LogP) is 3.80. The molecule has 0 saturated carbocycles. The molecule has 5 heteroatoms. The molecule has 0 fully saturated rings. The third-order valence-corrected chi connectivity index (χ3v) is 4.35. The molecule has 2 aromatic heterocycles. The summed E-state index contributed by atoms with van der Waals surface area (Å²) in [6.45, 7) is 0. The fourth-order valence-electron chi connectivity index (χ4n) is 1.43. The van der Waals surface area contributed by atoms with Gasteiger partial charge in [0.2, 0.25) is 0 Å². The topological polar surface area (TPSA) is 38.9 Å².